The number of fused-ring (bicyclic) bond motifs is 1. The van der Waals surface area contributed by atoms with Gasteiger partial charge in [0.05, 0.1) is 38.0 Å². The largest absolute Gasteiger partial charge is 0.488 e. The Kier molecular flexibility index (Phi) is 5.32. The van der Waals surface area contributed by atoms with E-state index in [0.717, 1.165) is 86.7 Å². The van der Waals surface area contributed by atoms with Crippen LogP contribution in [0.15, 0.2) is 24.5 Å². The molecule has 3 fully saturated rings. The molecule has 2 aromatic rings. The highest BCUT2D eigenvalue weighted by Crippen LogP contribution is 2.36. The quantitative estimate of drug-likeness (QED) is 0.788. The van der Waals surface area contributed by atoms with Gasteiger partial charge in [0, 0.05) is 43.2 Å². The van der Waals surface area contributed by atoms with Gasteiger partial charge in [-0.1, -0.05) is 0 Å². The van der Waals surface area contributed by atoms with Crippen molar-refractivity contribution in [1.29, 1.82) is 0 Å². The van der Waals surface area contributed by atoms with Crippen molar-refractivity contribution in [2.24, 2.45) is 11.8 Å². The van der Waals surface area contributed by atoms with Crippen molar-refractivity contribution < 1.29 is 14.2 Å². The molecule has 150 valence electrons. The number of hydrogen-bond acceptors (Lipinski definition) is 6. The first-order valence-corrected chi connectivity index (χ1v) is 10.7. The molecule has 1 aromatic heterocycles. The zero-order valence-corrected chi connectivity index (χ0v) is 16.4. The van der Waals surface area contributed by atoms with Crippen LogP contribution in [0.5, 0.6) is 5.75 Å². The van der Waals surface area contributed by atoms with Crippen LogP contribution in [0.25, 0.3) is 11.0 Å². The Bertz CT molecular complexity index is 797. The predicted molar refractivity (Wildman–Crippen MR) is 108 cm³/mol. The fraction of sp³-hybridized carbons (Fsp3) is 0.636. The van der Waals surface area contributed by atoms with Crippen molar-refractivity contribution in [2.45, 2.75) is 38.2 Å². The number of morpholine rings is 1. The van der Waals surface area contributed by atoms with Crippen LogP contribution in [0.4, 0.5) is 5.69 Å². The molecule has 0 radical (unpaired) electrons. The Morgan fingerprint density at radius 2 is 1.71 bits per heavy atom. The molecule has 0 N–H and O–H groups in total. The van der Waals surface area contributed by atoms with E-state index in [1.807, 2.05) is 0 Å². The smallest absolute Gasteiger partial charge is 0.149 e. The standard InChI is InChI=1S/C22H29N3O3/c1-3-19(4-2-16(1)11-17-14-27-15-17)28-21-13-18(25-7-9-26-10-8-25)12-20-22(21)24-6-5-23-20/h5-6,12-13,16-17,19H,1-4,7-11,14-15H2. The topological polar surface area (TPSA) is 56.7 Å². The van der Waals surface area contributed by atoms with E-state index in [1.165, 1.54) is 19.3 Å². The minimum atomic E-state index is 0.277. The molecule has 2 aliphatic heterocycles. The lowest BCUT2D eigenvalue weighted by Crippen LogP contribution is -2.36. The van der Waals surface area contributed by atoms with Crippen LogP contribution in [-0.4, -0.2) is 55.6 Å². The van der Waals surface area contributed by atoms with E-state index < -0.39 is 0 Å². The molecule has 3 aliphatic rings. The highest BCUT2D eigenvalue weighted by molar-refractivity contribution is 5.85. The van der Waals surface area contributed by atoms with Gasteiger partial charge in [-0.25, -0.2) is 4.98 Å². The first kappa shape index (κ1) is 18.1. The lowest BCUT2D eigenvalue weighted by molar-refractivity contribution is -0.0464. The first-order chi connectivity index (χ1) is 13.8. The van der Waals surface area contributed by atoms with E-state index in [2.05, 4.69) is 27.0 Å². The van der Waals surface area contributed by atoms with Gasteiger partial charge in [0.25, 0.3) is 0 Å². The molecule has 2 saturated heterocycles. The Morgan fingerprint density at radius 1 is 0.929 bits per heavy atom. The van der Waals surface area contributed by atoms with Crippen molar-refractivity contribution in [1.82, 2.24) is 9.97 Å². The summed E-state index contributed by atoms with van der Waals surface area (Å²) >= 11 is 0. The van der Waals surface area contributed by atoms with Gasteiger partial charge in [0.1, 0.15) is 11.3 Å². The second-order valence-electron chi connectivity index (χ2n) is 8.37. The summed E-state index contributed by atoms with van der Waals surface area (Å²) < 4.78 is 17.3. The summed E-state index contributed by atoms with van der Waals surface area (Å²) in [4.78, 5) is 11.4. The SMILES string of the molecule is c1cnc2c(OC3CCC(CC4COC4)CC3)cc(N3CCOCC3)cc2n1. The van der Waals surface area contributed by atoms with Crippen molar-refractivity contribution in [3.05, 3.63) is 24.5 Å². The average molecular weight is 383 g/mol. The summed E-state index contributed by atoms with van der Waals surface area (Å²) in [6.07, 6.45) is 9.88. The average Bonchev–Trinajstić information content (AvgIpc) is 2.72. The van der Waals surface area contributed by atoms with Crippen LogP contribution >= 0.6 is 0 Å². The second kappa shape index (κ2) is 8.21. The monoisotopic (exact) mass is 383 g/mol. The molecular formula is C22H29N3O3. The maximum absolute atomic E-state index is 6.51. The highest BCUT2D eigenvalue weighted by atomic mass is 16.5. The van der Waals surface area contributed by atoms with Gasteiger partial charge in [-0.3, -0.25) is 4.98 Å². The van der Waals surface area contributed by atoms with Crippen molar-refractivity contribution in [3.8, 4) is 5.75 Å². The molecule has 0 spiro atoms. The van der Waals surface area contributed by atoms with Crippen molar-refractivity contribution >= 4 is 16.7 Å². The summed E-state index contributed by atoms with van der Waals surface area (Å²) in [5.41, 5.74) is 2.93. The summed E-state index contributed by atoms with van der Waals surface area (Å²) in [5.74, 6) is 2.51. The first-order valence-electron chi connectivity index (χ1n) is 10.7. The summed E-state index contributed by atoms with van der Waals surface area (Å²) in [5, 5.41) is 0. The zero-order chi connectivity index (χ0) is 18.8. The molecule has 0 amide bonds. The number of rotatable bonds is 5. The summed E-state index contributed by atoms with van der Waals surface area (Å²) in [6.45, 7) is 5.28. The molecule has 0 unspecified atom stereocenters. The van der Waals surface area contributed by atoms with E-state index in [0.29, 0.717) is 0 Å². The maximum Gasteiger partial charge on any atom is 0.149 e. The Balaban J connectivity index is 1.30. The van der Waals surface area contributed by atoms with Gasteiger partial charge in [-0.05, 0) is 44.1 Å². The molecule has 1 aliphatic carbocycles. The molecule has 1 saturated carbocycles. The zero-order valence-electron chi connectivity index (χ0n) is 16.4. The van der Waals surface area contributed by atoms with Gasteiger partial charge in [-0.15, -0.1) is 0 Å². The normalized spacial score (nSPS) is 26.2. The van der Waals surface area contributed by atoms with Gasteiger partial charge in [0.2, 0.25) is 0 Å². The third-order valence-electron chi connectivity index (χ3n) is 6.36. The van der Waals surface area contributed by atoms with Gasteiger partial charge >= 0.3 is 0 Å². The number of aromatic nitrogens is 2. The predicted octanol–water partition coefficient (Wildman–Crippen LogP) is 3.44. The molecule has 28 heavy (non-hydrogen) atoms. The van der Waals surface area contributed by atoms with Gasteiger partial charge < -0.3 is 19.1 Å². The minimum absolute atomic E-state index is 0.277. The van der Waals surface area contributed by atoms with Gasteiger partial charge in [-0.2, -0.15) is 0 Å². The molecule has 0 atom stereocenters. The second-order valence-corrected chi connectivity index (χ2v) is 8.37. The van der Waals surface area contributed by atoms with Crippen LogP contribution < -0.4 is 9.64 Å². The number of anilines is 1. The van der Waals surface area contributed by atoms with Crippen LogP contribution in [0.2, 0.25) is 0 Å². The Morgan fingerprint density at radius 3 is 2.46 bits per heavy atom. The fourth-order valence-corrected chi connectivity index (χ4v) is 4.68. The van der Waals surface area contributed by atoms with Crippen LogP contribution in [0.3, 0.4) is 0 Å². The number of hydrogen-bond donors (Lipinski definition) is 0. The van der Waals surface area contributed by atoms with Crippen molar-refractivity contribution in [3.63, 3.8) is 0 Å². The van der Waals surface area contributed by atoms with E-state index >= 15 is 0 Å². The number of ether oxygens (including phenoxy) is 3. The van der Waals surface area contributed by atoms with E-state index in [4.69, 9.17) is 14.2 Å². The molecule has 1 aromatic carbocycles. The third-order valence-corrected chi connectivity index (χ3v) is 6.36. The number of nitrogens with zero attached hydrogens (tertiary/aromatic N) is 3. The van der Waals surface area contributed by atoms with Crippen LogP contribution in [-0.2, 0) is 9.47 Å². The lowest BCUT2D eigenvalue weighted by atomic mass is 9.81. The van der Waals surface area contributed by atoms with Crippen LogP contribution in [0, 0.1) is 11.8 Å². The lowest BCUT2D eigenvalue weighted by Gasteiger charge is -2.34. The highest BCUT2D eigenvalue weighted by Gasteiger charge is 2.28. The fourth-order valence-electron chi connectivity index (χ4n) is 4.68. The van der Waals surface area contributed by atoms with E-state index in [1.54, 1.807) is 12.4 Å². The Labute approximate surface area is 166 Å². The molecule has 5 rings (SSSR count). The molecular weight excluding hydrogens is 354 g/mol. The minimum Gasteiger partial charge on any atom is -0.488 e. The maximum atomic E-state index is 6.51. The molecule has 6 nitrogen and oxygen atoms in total. The number of benzene rings is 1. The van der Waals surface area contributed by atoms with Gasteiger partial charge in [0.15, 0.2) is 0 Å². The third kappa shape index (κ3) is 3.94. The molecule has 6 heteroatoms. The van der Waals surface area contributed by atoms with E-state index in [-0.39, 0.29) is 6.10 Å². The van der Waals surface area contributed by atoms with Crippen LogP contribution in [0.1, 0.15) is 32.1 Å². The summed E-state index contributed by atoms with van der Waals surface area (Å²) in [6, 6.07) is 4.28. The molecule has 0 bridgehead atoms. The molecule has 3 heterocycles. The Hall–Kier alpha value is -1.92. The van der Waals surface area contributed by atoms with Crippen molar-refractivity contribution in [2.75, 3.05) is 44.4 Å². The van der Waals surface area contributed by atoms with E-state index in [9.17, 15) is 0 Å². The summed E-state index contributed by atoms with van der Waals surface area (Å²) in [7, 11) is 0.